The zero-order valence-corrected chi connectivity index (χ0v) is 14.1. The fraction of sp³-hybridized carbons (Fsp3) is 0.632. The molecule has 2 atom stereocenters. The lowest BCUT2D eigenvalue weighted by Crippen LogP contribution is -2.42. The Balaban J connectivity index is 2.04. The van der Waals surface area contributed by atoms with Gasteiger partial charge in [-0.3, -0.25) is 4.79 Å². The molecule has 1 aromatic rings. The van der Waals surface area contributed by atoms with Gasteiger partial charge in [0.1, 0.15) is 0 Å². The normalized spacial score (nSPS) is 29.4. The first-order chi connectivity index (χ1) is 10.3. The van der Waals surface area contributed by atoms with Gasteiger partial charge in [0.25, 0.3) is 0 Å². The third kappa shape index (κ3) is 2.26. The average molecular weight is 301 g/mol. The van der Waals surface area contributed by atoms with Gasteiger partial charge >= 0.3 is 0 Å². The van der Waals surface area contributed by atoms with Crippen LogP contribution in [-0.4, -0.2) is 24.2 Å². The smallest absolute Gasteiger partial charge is 0.227 e. The van der Waals surface area contributed by atoms with E-state index in [2.05, 4.69) is 45.9 Å². The summed E-state index contributed by atoms with van der Waals surface area (Å²) in [5, 5.41) is 9.44. The fourth-order valence-corrected chi connectivity index (χ4v) is 3.91. The van der Waals surface area contributed by atoms with Gasteiger partial charge in [-0.2, -0.15) is 0 Å². The number of hydrogen-bond donors (Lipinski definition) is 1. The summed E-state index contributed by atoms with van der Waals surface area (Å²) in [5.74, 6) is 0.614. The van der Waals surface area contributed by atoms with Crippen molar-refractivity contribution >= 4 is 11.6 Å². The standard InChI is InChI=1S/C19H27NO2/c1-5-8-20-16-7-6-13(19(4)10-14(19)12-21)9-15(16)18(2,3)11-17(20)22/h6-7,9,14,21H,5,8,10-12H2,1-4H3. The highest BCUT2D eigenvalue weighted by Gasteiger charge is 2.51. The molecule has 1 amide bonds. The van der Waals surface area contributed by atoms with Crippen molar-refractivity contribution in [1.29, 1.82) is 0 Å². The van der Waals surface area contributed by atoms with Gasteiger partial charge in [-0.25, -0.2) is 0 Å². The largest absolute Gasteiger partial charge is 0.396 e. The van der Waals surface area contributed by atoms with Crippen LogP contribution in [0.25, 0.3) is 0 Å². The Bertz CT molecular complexity index is 607. The van der Waals surface area contributed by atoms with E-state index in [4.69, 9.17) is 0 Å². The number of fused-ring (bicyclic) bond motifs is 1. The van der Waals surface area contributed by atoms with Crippen molar-refractivity contribution in [3.63, 3.8) is 0 Å². The van der Waals surface area contributed by atoms with E-state index in [9.17, 15) is 9.90 Å². The second-order valence-electron chi connectivity index (χ2n) is 7.84. The molecule has 0 spiro atoms. The van der Waals surface area contributed by atoms with Gasteiger partial charge in [-0.1, -0.05) is 39.8 Å². The molecule has 3 nitrogen and oxygen atoms in total. The van der Waals surface area contributed by atoms with Gasteiger partial charge in [-0.05, 0) is 41.4 Å². The molecular formula is C19H27NO2. The molecule has 1 aromatic carbocycles. The van der Waals surface area contributed by atoms with Crippen LogP contribution in [0.4, 0.5) is 5.69 Å². The summed E-state index contributed by atoms with van der Waals surface area (Å²) in [6, 6.07) is 6.57. The number of aliphatic hydroxyl groups excluding tert-OH is 1. The van der Waals surface area contributed by atoms with Gasteiger partial charge < -0.3 is 10.0 Å². The molecule has 3 rings (SSSR count). The number of amides is 1. The molecule has 3 heteroatoms. The van der Waals surface area contributed by atoms with Gasteiger partial charge in [0, 0.05) is 30.7 Å². The average Bonchev–Trinajstić information content (AvgIpc) is 3.15. The molecule has 0 aromatic heterocycles. The van der Waals surface area contributed by atoms with Crippen molar-refractivity contribution in [2.75, 3.05) is 18.1 Å². The van der Waals surface area contributed by atoms with E-state index in [1.807, 2.05) is 4.90 Å². The number of carbonyl (C=O) groups is 1. The van der Waals surface area contributed by atoms with Crippen LogP contribution in [0.2, 0.25) is 0 Å². The molecule has 0 bridgehead atoms. The number of aliphatic hydroxyl groups is 1. The topological polar surface area (TPSA) is 40.5 Å². The third-order valence-electron chi connectivity index (χ3n) is 5.65. The molecule has 0 radical (unpaired) electrons. The molecule has 1 heterocycles. The van der Waals surface area contributed by atoms with Gasteiger partial charge in [-0.15, -0.1) is 0 Å². The summed E-state index contributed by atoms with van der Waals surface area (Å²) >= 11 is 0. The number of rotatable bonds is 4. The number of hydrogen-bond acceptors (Lipinski definition) is 2. The van der Waals surface area contributed by atoms with Crippen molar-refractivity contribution in [3.8, 4) is 0 Å². The second kappa shape index (κ2) is 5.09. The Kier molecular flexibility index (Phi) is 3.59. The number of carbonyl (C=O) groups excluding carboxylic acids is 1. The number of anilines is 1. The van der Waals surface area contributed by atoms with Crippen LogP contribution in [0, 0.1) is 5.92 Å². The van der Waals surface area contributed by atoms with Crippen LogP contribution in [0.3, 0.4) is 0 Å². The maximum absolute atomic E-state index is 12.4. The lowest BCUT2D eigenvalue weighted by atomic mass is 9.75. The van der Waals surface area contributed by atoms with Crippen LogP contribution >= 0.6 is 0 Å². The van der Waals surface area contributed by atoms with Gasteiger partial charge in [0.15, 0.2) is 0 Å². The fourth-order valence-electron chi connectivity index (χ4n) is 3.91. The van der Waals surface area contributed by atoms with E-state index in [-0.39, 0.29) is 23.3 Å². The molecule has 1 aliphatic carbocycles. The second-order valence-corrected chi connectivity index (χ2v) is 7.84. The maximum Gasteiger partial charge on any atom is 0.227 e. The van der Waals surface area contributed by atoms with Crippen LogP contribution in [0.1, 0.15) is 58.1 Å². The highest BCUT2D eigenvalue weighted by atomic mass is 16.3. The first kappa shape index (κ1) is 15.5. The molecule has 120 valence electrons. The Labute approximate surface area is 133 Å². The van der Waals surface area contributed by atoms with Crippen molar-refractivity contribution in [2.24, 2.45) is 5.92 Å². The molecule has 1 saturated carbocycles. The van der Waals surface area contributed by atoms with Crippen molar-refractivity contribution < 1.29 is 9.90 Å². The van der Waals surface area contributed by atoms with E-state index in [1.54, 1.807) is 0 Å². The molecule has 22 heavy (non-hydrogen) atoms. The molecule has 1 aliphatic heterocycles. The third-order valence-corrected chi connectivity index (χ3v) is 5.65. The predicted octanol–water partition coefficient (Wildman–Crippen LogP) is 3.38. The van der Waals surface area contributed by atoms with Crippen molar-refractivity contribution in [3.05, 3.63) is 29.3 Å². The summed E-state index contributed by atoms with van der Waals surface area (Å²) in [4.78, 5) is 14.4. The Morgan fingerprint density at radius 1 is 1.32 bits per heavy atom. The van der Waals surface area contributed by atoms with E-state index >= 15 is 0 Å². The Morgan fingerprint density at radius 2 is 2.05 bits per heavy atom. The molecule has 2 aliphatic rings. The first-order valence-corrected chi connectivity index (χ1v) is 8.39. The minimum absolute atomic E-state index is 0.108. The zero-order chi connectivity index (χ0) is 16.1. The van der Waals surface area contributed by atoms with Gasteiger partial charge in [0.2, 0.25) is 5.91 Å². The summed E-state index contributed by atoms with van der Waals surface area (Å²) in [5.41, 5.74) is 3.66. The number of benzene rings is 1. The predicted molar refractivity (Wildman–Crippen MR) is 89.3 cm³/mol. The van der Waals surface area contributed by atoms with E-state index in [0.717, 1.165) is 25.1 Å². The summed E-state index contributed by atoms with van der Waals surface area (Å²) < 4.78 is 0. The number of nitrogens with zero attached hydrogens (tertiary/aromatic N) is 1. The maximum atomic E-state index is 12.4. The quantitative estimate of drug-likeness (QED) is 0.926. The Hall–Kier alpha value is -1.35. The van der Waals surface area contributed by atoms with Crippen molar-refractivity contribution in [2.45, 2.75) is 57.8 Å². The van der Waals surface area contributed by atoms with Crippen LogP contribution in [-0.2, 0) is 15.6 Å². The summed E-state index contributed by atoms with van der Waals surface area (Å²) in [6.45, 7) is 9.72. The van der Waals surface area contributed by atoms with Crippen LogP contribution < -0.4 is 4.90 Å². The zero-order valence-electron chi connectivity index (χ0n) is 14.1. The molecule has 1 fully saturated rings. The van der Waals surface area contributed by atoms with Crippen LogP contribution in [0.5, 0.6) is 0 Å². The lowest BCUT2D eigenvalue weighted by Gasteiger charge is -2.39. The summed E-state index contributed by atoms with van der Waals surface area (Å²) in [6.07, 6.45) is 2.60. The van der Waals surface area contributed by atoms with E-state index < -0.39 is 0 Å². The lowest BCUT2D eigenvalue weighted by molar-refractivity contribution is -0.120. The van der Waals surface area contributed by atoms with Crippen LogP contribution in [0.15, 0.2) is 18.2 Å². The first-order valence-electron chi connectivity index (χ1n) is 8.39. The van der Waals surface area contributed by atoms with Gasteiger partial charge in [0.05, 0.1) is 0 Å². The molecular weight excluding hydrogens is 274 g/mol. The highest BCUT2D eigenvalue weighted by molar-refractivity contribution is 5.97. The van der Waals surface area contributed by atoms with Crippen molar-refractivity contribution in [1.82, 2.24) is 0 Å². The Morgan fingerprint density at radius 3 is 2.64 bits per heavy atom. The SMILES string of the molecule is CCCN1C(=O)CC(C)(C)c2cc(C3(C)CC3CO)ccc21. The highest BCUT2D eigenvalue weighted by Crippen LogP contribution is 2.55. The minimum Gasteiger partial charge on any atom is -0.396 e. The molecule has 0 saturated heterocycles. The molecule has 2 unspecified atom stereocenters. The summed E-state index contributed by atoms with van der Waals surface area (Å²) in [7, 11) is 0. The monoisotopic (exact) mass is 301 g/mol. The van der Waals surface area contributed by atoms with E-state index in [1.165, 1.54) is 11.1 Å². The van der Waals surface area contributed by atoms with E-state index in [0.29, 0.717) is 12.3 Å². The molecule has 1 N–H and O–H groups in total. The minimum atomic E-state index is -0.118.